The molecule has 6 heteroatoms. The number of ether oxygens (including phenoxy) is 1. The van der Waals surface area contributed by atoms with E-state index in [1.165, 1.54) is 0 Å². The van der Waals surface area contributed by atoms with E-state index in [-0.39, 0.29) is 11.5 Å². The largest absolute Gasteiger partial charge is 0.486 e. The third-order valence-corrected chi connectivity index (χ3v) is 4.60. The molecule has 0 radical (unpaired) electrons. The minimum Gasteiger partial charge on any atom is -0.486 e. The Balaban J connectivity index is 2.28. The van der Waals surface area contributed by atoms with Crippen molar-refractivity contribution in [2.24, 2.45) is 0 Å². The van der Waals surface area contributed by atoms with Crippen LogP contribution in [0.5, 0.6) is 5.75 Å². The highest BCUT2D eigenvalue weighted by Crippen LogP contribution is 2.26. The number of aryl methyl sites for hydroxylation is 1. The van der Waals surface area contributed by atoms with Gasteiger partial charge in [-0.3, -0.25) is 4.79 Å². The maximum Gasteiger partial charge on any atom is 0.156 e. The van der Waals surface area contributed by atoms with Crippen molar-refractivity contribution in [3.63, 3.8) is 0 Å². The van der Waals surface area contributed by atoms with Gasteiger partial charge >= 0.3 is 0 Å². The average Bonchev–Trinajstić information content (AvgIpc) is 2.54. The Labute approximate surface area is 105 Å². The number of para-hydroxylation sites is 1. The Bertz CT molecular complexity index is 564. The van der Waals surface area contributed by atoms with E-state index in [0.717, 1.165) is 5.56 Å². The molecule has 1 saturated heterocycles. The number of carbonyl (C=O) groups excluding carboxylic acids is 1. The quantitative estimate of drug-likeness (QED) is 0.801. The van der Waals surface area contributed by atoms with E-state index in [2.05, 4.69) is 0 Å². The van der Waals surface area contributed by atoms with E-state index in [0.29, 0.717) is 17.6 Å². The molecule has 1 aliphatic heterocycles. The van der Waals surface area contributed by atoms with E-state index < -0.39 is 22.0 Å². The number of benzene rings is 1. The summed E-state index contributed by atoms with van der Waals surface area (Å²) in [7, 11) is -3.26. The van der Waals surface area contributed by atoms with Gasteiger partial charge in [0, 0.05) is 0 Å². The van der Waals surface area contributed by atoms with Crippen LogP contribution >= 0.6 is 0 Å². The summed E-state index contributed by atoms with van der Waals surface area (Å²) in [6.45, 7) is 1.76. The fraction of sp³-hybridized carbons (Fsp3) is 0.417. The number of aldehydes is 1. The molecule has 2 atom stereocenters. The smallest absolute Gasteiger partial charge is 0.156 e. The molecule has 0 aromatic heterocycles. The molecule has 0 amide bonds. The Kier molecular flexibility index (Phi) is 3.41. The molecule has 1 aromatic rings. The van der Waals surface area contributed by atoms with Crippen LogP contribution < -0.4 is 4.74 Å². The third-order valence-electron chi connectivity index (χ3n) is 2.91. The number of aliphatic hydroxyl groups excluding tert-OH is 1. The van der Waals surface area contributed by atoms with Crippen LogP contribution in [-0.2, 0) is 9.84 Å². The maximum atomic E-state index is 11.4. The number of sulfone groups is 1. The molecular formula is C12H14O5S. The monoisotopic (exact) mass is 270 g/mol. The fourth-order valence-corrected chi connectivity index (χ4v) is 3.65. The number of carbonyl (C=O) groups is 1. The molecule has 1 fully saturated rings. The van der Waals surface area contributed by atoms with Crippen molar-refractivity contribution in [3.05, 3.63) is 29.3 Å². The Morgan fingerprint density at radius 2 is 2.11 bits per heavy atom. The first kappa shape index (κ1) is 13.0. The van der Waals surface area contributed by atoms with Gasteiger partial charge < -0.3 is 9.84 Å². The molecule has 2 unspecified atom stereocenters. The summed E-state index contributed by atoms with van der Waals surface area (Å²) in [5, 5.41) is 9.65. The second kappa shape index (κ2) is 4.70. The molecule has 5 nitrogen and oxygen atoms in total. The van der Waals surface area contributed by atoms with E-state index in [4.69, 9.17) is 4.74 Å². The predicted octanol–water partition coefficient (Wildman–Crippen LogP) is 0.344. The van der Waals surface area contributed by atoms with Crippen LogP contribution in [0, 0.1) is 6.92 Å². The van der Waals surface area contributed by atoms with Crippen molar-refractivity contribution >= 4 is 16.1 Å². The van der Waals surface area contributed by atoms with Gasteiger partial charge in [-0.2, -0.15) is 0 Å². The van der Waals surface area contributed by atoms with E-state index in [9.17, 15) is 18.3 Å². The highest BCUT2D eigenvalue weighted by molar-refractivity contribution is 7.91. The molecule has 0 spiro atoms. The van der Waals surface area contributed by atoms with Crippen molar-refractivity contribution < 1.29 is 23.1 Å². The van der Waals surface area contributed by atoms with Crippen LogP contribution in [0.4, 0.5) is 0 Å². The Morgan fingerprint density at radius 3 is 2.67 bits per heavy atom. The molecule has 0 bridgehead atoms. The van der Waals surface area contributed by atoms with E-state index in [1.807, 2.05) is 0 Å². The average molecular weight is 270 g/mol. The standard InChI is InChI=1S/C12H14O5S/c1-8-3-2-4-9(5-13)12(8)17-11-7-18(15,16)6-10(11)14/h2-5,10-11,14H,6-7H2,1H3. The second-order valence-corrected chi connectivity index (χ2v) is 6.57. The highest BCUT2D eigenvalue weighted by atomic mass is 32.2. The number of hydrogen-bond donors (Lipinski definition) is 1. The van der Waals surface area contributed by atoms with Gasteiger partial charge in [-0.15, -0.1) is 0 Å². The van der Waals surface area contributed by atoms with Gasteiger partial charge in [-0.25, -0.2) is 8.42 Å². The van der Waals surface area contributed by atoms with Crippen LogP contribution in [0.15, 0.2) is 18.2 Å². The molecule has 1 heterocycles. The van der Waals surface area contributed by atoms with Crippen LogP contribution in [-0.4, -0.2) is 43.5 Å². The number of aliphatic hydroxyl groups is 1. The van der Waals surface area contributed by atoms with Crippen LogP contribution in [0.3, 0.4) is 0 Å². The first-order valence-corrected chi connectivity index (χ1v) is 7.35. The van der Waals surface area contributed by atoms with E-state index in [1.54, 1.807) is 25.1 Å². The van der Waals surface area contributed by atoms with Crippen LogP contribution in [0.25, 0.3) is 0 Å². The summed E-state index contributed by atoms with van der Waals surface area (Å²) in [6.07, 6.45) is -1.21. The van der Waals surface area contributed by atoms with Crippen molar-refractivity contribution in [1.82, 2.24) is 0 Å². The lowest BCUT2D eigenvalue weighted by molar-refractivity contribution is 0.0724. The van der Waals surface area contributed by atoms with Crippen molar-refractivity contribution in [1.29, 1.82) is 0 Å². The molecular weight excluding hydrogens is 256 g/mol. The molecule has 0 aliphatic carbocycles. The predicted molar refractivity (Wildman–Crippen MR) is 65.6 cm³/mol. The van der Waals surface area contributed by atoms with Gasteiger partial charge in [-0.05, 0) is 18.6 Å². The highest BCUT2D eigenvalue weighted by Gasteiger charge is 2.38. The van der Waals surface area contributed by atoms with Crippen LogP contribution in [0.1, 0.15) is 15.9 Å². The lowest BCUT2D eigenvalue weighted by Gasteiger charge is -2.18. The molecule has 1 aromatic carbocycles. The first-order valence-electron chi connectivity index (χ1n) is 5.53. The van der Waals surface area contributed by atoms with Gasteiger partial charge in [-0.1, -0.05) is 12.1 Å². The zero-order valence-corrected chi connectivity index (χ0v) is 10.7. The summed E-state index contributed by atoms with van der Waals surface area (Å²) >= 11 is 0. The maximum absolute atomic E-state index is 11.4. The molecule has 98 valence electrons. The lowest BCUT2D eigenvalue weighted by Crippen LogP contribution is -2.30. The zero-order chi connectivity index (χ0) is 13.3. The van der Waals surface area contributed by atoms with Gasteiger partial charge in [0.2, 0.25) is 0 Å². The Morgan fingerprint density at radius 1 is 1.39 bits per heavy atom. The Hall–Kier alpha value is -1.40. The summed E-state index contributed by atoms with van der Waals surface area (Å²) in [5.74, 6) is -0.172. The molecule has 0 saturated carbocycles. The summed E-state index contributed by atoms with van der Waals surface area (Å²) in [6, 6.07) is 5.07. The molecule has 1 aliphatic rings. The SMILES string of the molecule is Cc1cccc(C=O)c1OC1CS(=O)(=O)CC1O. The van der Waals surface area contributed by atoms with E-state index >= 15 is 0 Å². The van der Waals surface area contributed by atoms with Gasteiger partial charge in [0.15, 0.2) is 16.1 Å². The third kappa shape index (κ3) is 2.54. The summed E-state index contributed by atoms with van der Waals surface area (Å²) in [4.78, 5) is 10.9. The minimum absolute atomic E-state index is 0.221. The molecule has 18 heavy (non-hydrogen) atoms. The molecule has 1 N–H and O–H groups in total. The topological polar surface area (TPSA) is 80.7 Å². The van der Waals surface area contributed by atoms with Crippen molar-refractivity contribution in [2.75, 3.05) is 11.5 Å². The van der Waals surface area contributed by atoms with Gasteiger partial charge in [0.25, 0.3) is 0 Å². The minimum atomic E-state index is -3.26. The zero-order valence-electron chi connectivity index (χ0n) is 9.87. The lowest BCUT2D eigenvalue weighted by atomic mass is 10.1. The number of hydrogen-bond acceptors (Lipinski definition) is 5. The van der Waals surface area contributed by atoms with Crippen molar-refractivity contribution in [2.45, 2.75) is 19.1 Å². The fourth-order valence-electron chi connectivity index (χ4n) is 1.99. The normalized spacial score (nSPS) is 25.9. The van der Waals surface area contributed by atoms with Gasteiger partial charge in [0.05, 0.1) is 17.1 Å². The first-order chi connectivity index (χ1) is 8.43. The summed E-state index contributed by atoms with van der Waals surface area (Å²) < 4.78 is 28.3. The second-order valence-electron chi connectivity index (χ2n) is 4.41. The van der Waals surface area contributed by atoms with Gasteiger partial charge in [0.1, 0.15) is 18.0 Å². The summed E-state index contributed by atoms with van der Waals surface area (Å²) in [5.41, 5.74) is 1.09. The number of rotatable bonds is 3. The molecule has 2 rings (SSSR count). The van der Waals surface area contributed by atoms with Crippen molar-refractivity contribution in [3.8, 4) is 5.75 Å². The van der Waals surface area contributed by atoms with Crippen LogP contribution in [0.2, 0.25) is 0 Å².